The molecule has 0 aliphatic rings. The second kappa shape index (κ2) is 9.57. The Labute approximate surface area is 176 Å². The molecule has 0 atom stereocenters. The first kappa shape index (κ1) is 22.0. The minimum atomic E-state index is -0.265. The van der Waals surface area contributed by atoms with Gasteiger partial charge in [0.2, 0.25) is 0 Å². The molecule has 0 amide bonds. The summed E-state index contributed by atoms with van der Waals surface area (Å²) in [6, 6.07) is 9.16. The van der Waals surface area contributed by atoms with Crippen molar-refractivity contribution in [2.45, 2.75) is 19.3 Å². The standard InChI is InChI=1S/C15H12Br4O2.C2H6O/c1-15(2,8-3-5-9(20)6-4-8)12-10(16)7-11(21-19)13(17)14(12)18;1-3-2/h3-7,20H,1-2H3;1-2H3. The van der Waals surface area contributed by atoms with Gasteiger partial charge < -0.3 is 13.7 Å². The molecule has 0 aliphatic carbocycles. The first-order valence-corrected chi connectivity index (χ1v) is 9.89. The molecule has 1 N–H and O–H groups in total. The molecule has 2 rings (SSSR count). The Bertz CT molecular complexity index is 685. The van der Waals surface area contributed by atoms with Crippen molar-refractivity contribution in [1.29, 1.82) is 0 Å². The van der Waals surface area contributed by atoms with Crippen molar-refractivity contribution in [1.82, 2.24) is 0 Å². The van der Waals surface area contributed by atoms with E-state index in [1.165, 1.54) is 0 Å². The average molecular weight is 590 g/mol. The average Bonchev–Trinajstić information content (AvgIpc) is 2.52. The summed E-state index contributed by atoms with van der Waals surface area (Å²) >= 11 is 13.8. The van der Waals surface area contributed by atoms with Crippen LogP contribution >= 0.6 is 64.0 Å². The minimum absolute atomic E-state index is 0.261. The predicted molar refractivity (Wildman–Crippen MR) is 112 cm³/mol. The molecule has 0 aromatic heterocycles. The van der Waals surface area contributed by atoms with Gasteiger partial charge in [-0.15, -0.1) is 0 Å². The molecule has 0 fully saturated rings. The summed E-state index contributed by atoms with van der Waals surface area (Å²) in [4.78, 5) is 0. The van der Waals surface area contributed by atoms with Gasteiger partial charge in [0, 0.05) is 28.6 Å². The highest BCUT2D eigenvalue weighted by Crippen LogP contribution is 2.47. The SMILES string of the molecule is CC(C)(c1ccc(O)cc1)c1c(Br)cc(OBr)c(Br)c1Br.COC. The van der Waals surface area contributed by atoms with E-state index in [-0.39, 0.29) is 11.2 Å². The lowest BCUT2D eigenvalue weighted by Crippen LogP contribution is -2.20. The van der Waals surface area contributed by atoms with Crippen molar-refractivity contribution in [3.8, 4) is 11.5 Å². The van der Waals surface area contributed by atoms with Crippen molar-refractivity contribution in [3.63, 3.8) is 0 Å². The molecule has 7 heteroatoms. The van der Waals surface area contributed by atoms with Gasteiger partial charge in [-0.1, -0.05) is 41.9 Å². The molecular formula is C17H18Br4O3. The summed E-state index contributed by atoms with van der Waals surface area (Å²) in [6.07, 6.45) is 0. The van der Waals surface area contributed by atoms with Crippen LogP contribution in [0.3, 0.4) is 0 Å². The third-order valence-corrected chi connectivity index (χ3v) is 6.51. The van der Waals surface area contributed by atoms with Gasteiger partial charge in [-0.2, -0.15) is 0 Å². The molecule has 0 bridgehead atoms. The van der Waals surface area contributed by atoms with Gasteiger partial charge in [-0.3, -0.25) is 0 Å². The summed E-state index contributed by atoms with van der Waals surface area (Å²) in [7, 11) is 3.25. The number of aromatic hydroxyl groups is 1. The van der Waals surface area contributed by atoms with E-state index in [1.54, 1.807) is 26.4 Å². The molecule has 0 aliphatic heterocycles. The van der Waals surface area contributed by atoms with E-state index in [2.05, 4.69) is 82.6 Å². The van der Waals surface area contributed by atoms with Crippen molar-refractivity contribution >= 4 is 64.0 Å². The monoisotopic (exact) mass is 586 g/mol. The molecule has 132 valence electrons. The number of ether oxygens (including phenoxy) is 1. The Kier molecular flexibility index (Phi) is 8.76. The third kappa shape index (κ3) is 4.97. The van der Waals surface area contributed by atoms with Crippen LogP contribution in [0.25, 0.3) is 0 Å². The zero-order chi connectivity index (χ0) is 18.5. The van der Waals surface area contributed by atoms with E-state index in [0.717, 1.165) is 24.5 Å². The van der Waals surface area contributed by atoms with Gasteiger partial charge in [0.15, 0.2) is 22.0 Å². The maximum absolute atomic E-state index is 9.47. The number of methoxy groups -OCH3 is 1. The molecule has 2 aromatic rings. The van der Waals surface area contributed by atoms with Gasteiger partial charge in [0.25, 0.3) is 0 Å². The number of benzene rings is 2. The summed E-state index contributed by atoms with van der Waals surface area (Å²) in [5.74, 6) is 0.941. The Hall–Kier alpha value is -0.0800. The van der Waals surface area contributed by atoms with Crippen LogP contribution in [0.4, 0.5) is 0 Å². The molecular weight excluding hydrogens is 572 g/mol. The number of hydrogen-bond donors (Lipinski definition) is 1. The zero-order valence-corrected chi connectivity index (χ0v) is 20.0. The Morgan fingerprint density at radius 2 is 1.46 bits per heavy atom. The van der Waals surface area contributed by atoms with E-state index >= 15 is 0 Å². The number of phenols is 1. The zero-order valence-electron chi connectivity index (χ0n) is 13.7. The van der Waals surface area contributed by atoms with Crippen LogP contribution in [0, 0.1) is 0 Å². The summed E-state index contributed by atoms with van der Waals surface area (Å²) in [5, 5.41) is 9.47. The molecule has 24 heavy (non-hydrogen) atoms. The molecule has 0 heterocycles. The van der Waals surface area contributed by atoms with Crippen molar-refractivity contribution in [2.75, 3.05) is 14.2 Å². The smallest absolute Gasteiger partial charge is 0.179 e. The van der Waals surface area contributed by atoms with E-state index in [1.807, 2.05) is 18.2 Å². The Morgan fingerprint density at radius 1 is 0.958 bits per heavy atom. The van der Waals surface area contributed by atoms with Gasteiger partial charge in [-0.05, 0) is 61.2 Å². The largest absolute Gasteiger partial charge is 0.508 e. The molecule has 0 spiro atoms. The van der Waals surface area contributed by atoms with Gasteiger partial charge in [0.05, 0.1) is 4.47 Å². The Morgan fingerprint density at radius 3 is 1.92 bits per heavy atom. The van der Waals surface area contributed by atoms with Crippen molar-refractivity contribution in [3.05, 3.63) is 54.9 Å². The fourth-order valence-electron chi connectivity index (χ4n) is 2.22. The summed E-state index contributed by atoms with van der Waals surface area (Å²) in [6.45, 7) is 4.26. The number of hydrogen-bond acceptors (Lipinski definition) is 3. The Balaban J connectivity index is 0.000000891. The number of rotatable bonds is 3. The molecule has 2 aromatic carbocycles. The van der Waals surface area contributed by atoms with Crippen LogP contribution in [0.5, 0.6) is 11.5 Å². The lowest BCUT2D eigenvalue weighted by molar-refractivity contribution is 0.277. The van der Waals surface area contributed by atoms with Crippen LogP contribution in [0.2, 0.25) is 0 Å². The second-order valence-electron chi connectivity index (χ2n) is 5.52. The summed E-state index contributed by atoms with van der Waals surface area (Å²) in [5.41, 5.74) is 1.92. The van der Waals surface area contributed by atoms with E-state index in [0.29, 0.717) is 5.75 Å². The van der Waals surface area contributed by atoms with Crippen LogP contribution in [0.1, 0.15) is 25.0 Å². The van der Waals surface area contributed by atoms with Gasteiger partial charge in [0.1, 0.15) is 5.75 Å². The predicted octanol–water partition coefficient (Wildman–Crippen LogP) is 6.96. The molecule has 0 saturated carbocycles. The quantitative estimate of drug-likeness (QED) is 0.394. The van der Waals surface area contributed by atoms with Crippen LogP contribution < -0.4 is 3.83 Å². The maximum Gasteiger partial charge on any atom is 0.179 e. The minimum Gasteiger partial charge on any atom is -0.508 e. The highest BCUT2D eigenvalue weighted by Gasteiger charge is 2.30. The summed E-state index contributed by atoms with van der Waals surface area (Å²) < 4.78 is 12.1. The van der Waals surface area contributed by atoms with Crippen LogP contribution in [-0.4, -0.2) is 19.3 Å². The fourth-order valence-corrected chi connectivity index (χ4v) is 5.16. The van der Waals surface area contributed by atoms with Crippen LogP contribution in [0.15, 0.2) is 43.7 Å². The number of halogens is 4. The van der Waals surface area contributed by atoms with Crippen molar-refractivity contribution in [2.24, 2.45) is 0 Å². The van der Waals surface area contributed by atoms with E-state index in [9.17, 15) is 5.11 Å². The van der Waals surface area contributed by atoms with Crippen molar-refractivity contribution < 1.29 is 13.7 Å². The lowest BCUT2D eigenvalue weighted by Gasteiger charge is -2.29. The maximum atomic E-state index is 9.47. The first-order valence-electron chi connectivity index (χ1n) is 6.86. The highest BCUT2D eigenvalue weighted by atomic mass is 79.9. The topological polar surface area (TPSA) is 38.7 Å². The van der Waals surface area contributed by atoms with Gasteiger partial charge in [-0.25, -0.2) is 0 Å². The molecule has 0 radical (unpaired) electrons. The molecule has 0 saturated heterocycles. The lowest BCUT2D eigenvalue weighted by atomic mass is 9.78. The third-order valence-electron chi connectivity index (χ3n) is 3.42. The van der Waals surface area contributed by atoms with Gasteiger partial charge >= 0.3 is 0 Å². The molecule has 0 unspecified atom stereocenters. The van der Waals surface area contributed by atoms with E-state index in [4.69, 9.17) is 3.83 Å². The van der Waals surface area contributed by atoms with Crippen LogP contribution in [-0.2, 0) is 10.2 Å². The number of phenolic OH excluding ortho intramolecular Hbond substituents is 1. The second-order valence-corrected chi connectivity index (χ2v) is 8.28. The normalized spacial score (nSPS) is 10.8. The first-order chi connectivity index (χ1) is 11.2. The highest BCUT2D eigenvalue weighted by molar-refractivity contribution is 9.13. The van der Waals surface area contributed by atoms with E-state index < -0.39 is 0 Å². The molecule has 3 nitrogen and oxygen atoms in total. The fraction of sp³-hybridized carbons (Fsp3) is 0.294.